The zero-order valence-electron chi connectivity index (χ0n) is 21.8. The third-order valence-electron chi connectivity index (χ3n) is 7.13. The molecule has 38 heavy (non-hydrogen) atoms. The van der Waals surface area contributed by atoms with E-state index in [1.165, 1.54) is 11.0 Å². The van der Waals surface area contributed by atoms with E-state index in [0.29, 0.717) is 11.1 Å². The summed E-state index contributed by atoms with van der Waals surface area (Å²) in [5.41, 5.74) is 0.610. The van der Waals surface area contributed by atoms with E-state index in [0.717, 1.165) is 48.1 Å². The lowest BCUT2D eigenvalue weighted by Gasteiger charge is -2.33. The van der Waals surface area contributed by atoms with Crippen LogP contribution < -0.4 is 9.62 Å². The van der Waals surface area contributed by atoms with Gasteiger partial charge in [-0.1, -0.05) is 73.9 Å². The third-order valence-corrected chi connectivity index (χ3v) is 8.26. The number of sulfonamides is 1. The van der Waals surface area contributed by atoms with E-state index in [4.69, 9.17) is 0 Å². The van der Waals surface area contributed by atoms with Gasteiger partial charge < -0.3 is 10.2 Å². The maximum atomic E-state index is 14.6. The van der Waals surface area contributed by atoms with Crippen molar-refractivity contribution < 1.29 is 22.4 Å². The molecule has 0 radical (unpaired) electrons. The quantitative estimate of drug-likeness (QED) is 0.430. The predicted octanol–water partition coefficient (Wildman–Crippen LogP) is 4.61. The molecule has 0 aliphatic heterocycles. The highest BCUT2D eigenvalue weighted by atomic mass is 32.2. The van der Waals surface area contributed by atoms with Crippen molar-refractivity contribution in [1.82, 2.24) is 10.2 Å². The van der Waals surface area contributed by atoms with E-state index in [1.54, 1.807) is 49.4 Å². The second kappa shape index (κ2) is 11.9. The van der Waals surface area contributed by atoms with Crippen molar-refractivity contribution in [3.8, 4) is 0 Å². The van der Waals surface area contributed by atoms with Gasteiger partial charge in [0.05, 0.1) is 11.9 Å². The van der Waals surface area contributed by atoms with Gasteiger partial charge in [-0.05, 0) is 37.3 Å². The molecule has 0 spiro atoms. The molecule has 4 rings (SSSR count). The van der Waals surface area contributed by atoms with Crippen LogP contribution in [0.3, 0.4) is 0 Å². The average molecular weight is 540 g/mol. The van der Waals surface area contributed by atoms with Crippen molar-refractivity contribution in [2.45, 2.75) is 57.7 Å². The van der Waals surface area contributed by atoms with Crippen LogP contribution in [-0.2, 0) is 26.2 Å². The van der Waals surface area contributed by atoms with Crippen molar-refractivity contribution >= 4 is 38.3 Å². The van der Waals surface area contributed by atoms with Crippen LogP contribution in [0.4, 0.5) is 10.1 Å². The third kappa shape index (κ3) is 6.51. The molecule has 1 atom stereocenters. The van der Waals surface area contributed by atoms with Gasteiger partial charge in [0.15, 0.2) is 0 Å². The van der Waals surface area contributed by atoms with Crippen molar-refractivity contribution in [3.05, 3.63) is 78.1 Å². The van der Waals surface area contributed by atoms with Crippen molar-refractivity contribution in [3.63, 3.8) is 0 Å². The first-order chi connectivity index (χ1) is 18.1. The van der Waals surface area contributed by atoms with Gasteiger partial charge in [0.25, 0.3) is 0 Å². The molecule has 0 saturated heterocycles. The number of nitrogens with one attached hydrogen (secondary N) is 1. The normalized spacial score (nSPS) is 15.1. The number of hydrogen-bond acceptors (Lipinski definition) is 4. The molecule has 3 aromatic carbocycles. The van der Waals surface area contributed by atoms with Crippen LogP contribution in [0.5, 0.6) is 0 Å². The van der Waals surface area contributed by atoms with Gasteiger partial charge in [0.1, 0.15) is 18.4 Å². The van der Waals surface area contributed by atoms with E-state index in [2.05, 4.69) is 5.32 Å². The van der Waals surface area contributed by atoms with E-state index >= 15 is 0 Å². The number of halogens is 1. The molecular weight excluding hydrogens is 505 g/mol. The van der Waals surface area contributed by atoms with Gasteiger partial charge in [-0.15, -0.1) is 0 Å². The molecule has 2 amide bonds. The van der Waals surface area contributed by atoms with Crippen LogP contribution in [0, 0.1) is 5.82 Å². The van der Waals surface area contributed by atoms with Crippen LogP contribution in [0.25, 0.3) is 10.8 Å². The molecule has 1 unspecified atom stereocenters. The number of rotatable bonds is 9. The number of amides is 2. The zero-order chi connectivity index (χ0) is 27.3. The van der Waals surface area contributed by atoms with Gasteiger partial charge in [-0.3, -0.25) is 13.9 Å². The zero-order valence-corrected chi connectivity index (χ0v) is 22.6. The second-order valence-corrected chi connectivity index (χ2v) is 11.8. The molecule has 7 nitrogen and oxygen atoms in total. The minimum Gasteiger partial charge on any atom is -0.352 e. The minimum atomic E-state index is -3.88. The molecule has 3 aromatic rings. The van der Waals surface area contributed by atoms with Crippen molar-refractivity contribution in [2.75, 3.05) is 17.1 Å². The lowest BCUT2D eigenvalue weighted by molar-refractivity contribution is -0.139. The Kier molecular flexibility index (Phi) is 8.66. The first-order valence-corrected chi connectivity index (χ1v) is 14.8. The highest BCUT2D eigenvalue weighted by Crippen LogP contribution is 2.29. The topological polar surface area (TPSA) is 86.8 Å². The number of carbonyl (C=O) groups is 2. The highest BCUT2D eigenvalue weighted by Gasteiger charge is 2.32. The van der Waals surface area contributed by atoms with E-state index in [-0.39, 0.29) is 24.1 Å². The fourth-order valence-electron chi connectivity index (χ4n) is 4.98. The summed E-state index contributed by atoms with van der Waals surface area (Å²) in [5, 5.41) is 4.54. The largest absolute Gasteiger partial charge is 0.352 e. The molecule has 0 bridgehead atoms. The number of benzene rings is 3. The van der Waals surface area contributed by atoms with Crippen LogP contribution >= 0.6 is 0 Å². The average Bonchev–Trinajstić information content (AvgIpc) is 2.90. The van der Waals surface area contributed by atoms with Gasteiger partial charge in [0.2, 0.25) is 21.8 Å². The molecule has 1 saturated carbocycles. The first kappa shape index (κ1) is 27.6. The lowest BCUT2D eigenvalue weighted by Crippen LogP contribution is -2.53. The molecule has 0 aromatic heterocycles. The Morgan fingerprint density at radius 1 is 0.974 bits per heavy atom. The van der Waals surface area contributed by atoms with Crippen LogP contribution in [0.2, 0.25) is 0 Å². The summed E-state index contributed by atoms with van der Waals surface area (Å²) in [6.07, 6.45) is 6.00. The van der Waals surface area contributed by atoms with Gasteiger partial charge in [0, 0.05) is 23.5 Å². The summed E-state index contributed by atoms with van der Waals surface area (Å²) >= 11 is 0. The Morgan fingerprint density at radius 2 is 1.63 bits per heavy atom. The molecule has 202 valence electrons. The Morgan fingerprint density at radius 3 is 2.34 bits per heavy atom. The minimum absolute atomic E-state index is 0.0346. The number of carbonyl (C=O) groups excluding carboxylic acids is 2. The fraction of sp³-hybridized carbons (Fsp3) is 0.379. The standard InChI is InChI=1S/C29H34FN3O4S/c1-21(29(35)31-24-14-4-3-5-15-24)32(19-23-12-7-9-17-26(23)30)28(34)20-33(38(2,36)37)27-18-10-13-22-11-6-8-16-25(22)27/h6-13,16-18,21,24H,3-5,14-15,19-20H2,1-2H3,(H,31,35). The van der Waals surface area contributed by atoms with Gasteiger partial charge in [-0.25, -0.2) is 12.8 Å². The number of hydrogen-bond donors (Lipinski definition) is 1. The molecule has 0 heterocycles. The molecule has 1 aliphatic carbocycles. The lowest BCUT2D eigenvalue weighted by atomic mass is 9.95. The summed E-state index contributed by atoms with van der Waals surface area (Å²) in [6, 6.07) is 17.7. The molecule has 1 aliphatic rings. The first-order valence-electron chi connectivity index (χ1n) is 12.9. The summed E-state index contributed by atoms with van der Waals surface area (Å²) in [5.74, 6) is -1.44. The maximum absolute atomic E-state index is 14.6. The summed E-state index contributed by atoms with van der Waals surface area (Å²) in [7, 11) is -3.88. The van der Waals surface area contributed by atoms with Crippen LogP contribution in [0.1, 0.15) is 44.6 Å². The van der Waals surface area contributed by atoms with Crippen LogP contribution in [0.15, 0.2) is 66.7 Å². The Balaban J connectivity index is 1.65. The molecule has 1 N–H and O–H groups in total. The Hall–Kier alpha value is -3.46. The molecular formula is C29H34FN3O4S. The summed E-state index contributed by atoms with van der Waals surface area (Å²) < 4.78 is 41.5. The maximum Gasteiger partial charge on any atom is 0.244 e. The Bertz CT molecular complexity index is 1400. The molecule has 1 fully saturated rings. The van der Waals surface area contributed by atoms with E-state index in [9.17, 15) is 22.4 Å². The second-order valence-electron chi connectivity index (χ2n) is 9.90. The summed E-state index contributed by atoms with van der Waals surface area (Å²) in [4.78, 5) is 28.3. The number of nitrogens with zero attached hydrogens (tertiary/aromatic N) is 2. The monoisotopic (exact) mass is 539 g/mol. The van der Waals surface area contributed by atoms with Crippen molar-refractivity contribution in [1.29, 1.82) is 0 Å². The molecule has 9 heteroatoms. The van der Waals surface area contributed by atoms with Gasteiger partial charge in [-0.2, -0.15) is 0 Å². The smallest absolute Gasteiger partial charge is 0.244 e. The highest BCUT2D eigenvalue weighted by molar-refractivity contribution is 7.92. The Labute approximate surface area is 223 Å². The fourth-order valence-corrected chi connectivity index (χ4v) is 5.84. The van der Waals surface area contributed by atoms with E-state index < -0.39 is 34.3 Å². The SMILES string of the molecule is CC(C(=O)NC1CCCCC1)N(Cc1ccccc1F)C(=O)CN(c1cccc2ccccc12)S(C)(=O)=O. The van der Waals surface area contributed by atoms with Crippen LogP contribution in [-0.4, -0.2) is 50.0 Å². The predicted molar refractivity (Wildman–Crippen MR) is 148 cm³/mol. The number of anilines is 1. The van der Waals surface area contributed by atoms with Gasteiger partial charge >= 0.3 is 0 Å². The summed E-state index contributed by atoms with van der Waals surface area (Å²) in [6.45, 7) is 0.903. The van der Waals surface area contributed by atoms with Crippen molar-refractivity contribution in [2.24, 2.45) is 0 Å². The number of fused-ring (bicyclic) bond motifs is 1. The van der Waals surface area contributed by atoms with E-state index in [1.807, 2.05) is 18.2 Å².